The Balaban J connectivity index is 2.05. The molecule has 0 bridgehead atoms. The van der Waals surface area contributed by atoms with Crippen LogP contribution in [0.3, 0.4) is 0 Å². The van der Waals surface area contributed by atoms with Gasteiger partial charge in [0.1, 0.15) is 0 Å². The number of nitrogens with zero attached hydrogens (tertiary/aromatic N) is 1. The van der Waals surface area contributed by atoms with Crippen LogP contribution in [0, 0.1) is 11.6 Å². The van der Waals surface area contributed by atoms with Crippen LogP contribution in [0.4, 0.5) is 13.6 Å². The maximum absolute atomic E-state index is 13.3. The summed E-state index contributed by atoms with van der Waals surface area (Å²) in [4.78, 5) is 12.2. The first kappa shape index (κ1) is 20.8. The van der Waals surface area contributed by atoms with Gasteiger partial charge in [-0.15, -0.1) is 0 Å². The van der Waals surface area contributed by atoms with Crippen LogP contribution in [0.15, 0.2) is 47.4 Å². The maximum Gasteiger partial charge on any atom is 0.315 e. The molecule has 0 spiro atoms. The van der Waals surface area contributed by atoms with Crippen molar-refractivity contribution in [2.45, 2.75) is 24.4 Å². The van der Waals surface area contributed by atoms with Gasteiger partial charge in [-0.3, -0.25) is 0 Å². The van der Waals surface area contributed by atoms with E-state index in [1.165, 1.54) is 26.2 Å². The minimum absolute atomic E-state index is 0.0143. The van der Waals surface area contributed by atoms with Crippen LogP contribution in [0.5, 0.6) is 0 Å². The summed E-state index contributed by atoms with van der Waals surface area (Å²) < 4.78 is 52.1. The Kier molecular flexibility index (Phi) is 6.50. The van der Waals surface area contributed by atoms with Gasteiger partial charge in [-0.25, -0.2) is 26.3 Å². The van der Waals surface area contributed by atoms with Crippen molar-refractivity contribution < 1.29 is 22.0 Å². The van der Waals surface area contributed by atoms with Gasteiger partial charge >= 0.3 is 6.03 Å². The molecule has 2 aromatic rings. The molecule has 0 aliphatic carbocycles. The monoisotopic (exact) mass is 397 g/mol. The third-order valence-electron chi connectivity index (χ3n) is 3.96. The van der Waals surface area contributed by atoms with Crippen molar-refractivity contribution in [1.29, 1.82) is 0 Å². The number of carbonyl (C=O) groups excluding carboxylic acids is 1. The minimum atomic E-state index is -3.65. The molecule has 146 valence electrons. The number of hydrogen-bond acceptors (Lipinski definition) is 3. The summed E-state index contributed by atoms with van der Waals surface area (Å²) in [5.74, 6) is -1.96. The number of hydrogen-bond donors (Lipinski definition) is 2. The van der Waals surface area contributed by atoms with Crippen molar-refractivity contribution in [3.63, 3.8) is 0 Å². The number of nitrogens with one attached hydrogen (secondary N) is 2. The second-order valence-electron chi connectivity index (χ2n) is 6.12. The number of sulfonamides is 1. The maximum atomic E-state index is 13.3. The SMILES string of the molecule is C[C@@H](NC(=O)NCc1ccccc1S(=O)(=O)N(C)C)c1ccc(F)c(F)c1. The summed E-state index contributed by atoms with van der Waals surface area (Å²) >= 11 is 0. The molecule has 0 fully saturated rings. The second kappa shape index (κ2) is 8.45. The zero-order chi connectivity index (χ0) is 20.2. The number of halogens is 2. The molecule has 2 amide bonds. The molecule has 0 saturated heterocycles. The highest BCUT2D eigenvalue weighted by atomic mass is 32.2. The van der Waals surface area contributed by atoms with Crippen molar-refractivity contribution in [1.82, 2.24) is 14.9 Å². The first-order valence-electron chi connectivity index (χ1n) is 8.12. The molecular formula is C18H21F2N3O3S. The average molecular weight is 397 g/mol. The van der Waals surface area contributed by atoms with Gasteiger partial charge in [0.25, 0.3) is 0 Å². The summed E-state index contributed by atoms with van der Waals surface area (Å²) in [5, 5.41) is 5.17. The van der Waals surface area contributed by atoms with Gasteiger partial charge < -0.3 is 10.6 Å². The van der Waals surface area contributed by atoms with Gasteiger partial charge in [0, 0.05) is 20.6 Å². The number of rotatable bonds is 6. The van der Waals surface area contributed by atoms with Gasteiger partial charge in [0.2, 0.25) is 10.0 Å². The van der Waals surface area contributed by atoms with Crippen LogP contribution in [-0.2, 0) is 16.6 Å². The average Bonchev–Trinajstić information content (AvgIpc) is 2.62. The molecule has 0 saturated carbocycles. The lowest BCUT2D eigenvalue weighted by Gasteiger charge is -2.17. The lowest BCUT2D eigenvalue weighted by molar-refractivity contribution is 0.237. The molecule has 27 heavy (non-hydrogen) atoms. The fourth-order valence-electron chi connectivity index (χ4n) is 2.39. The third-order valence-corrected chi connectivity index (χ3v) is 5.88. The Morgan fingerprint density at radius 2 is 1.78 bits per heavy atom. The first-order valence-corrected chi connectivity index (χ1v) is 9.56. The van der Waals surface area contributed by atoms with E-state index in [0.717, 1.165) is 16.4 Å². The highest BCUT2D eigenvalue weighted by Crippen LogP contribution is 2.19. The molecule has 0 radical (unpaired) electrons. The highest BCUT2D eigenvalue weighted by molar-refractivity contribution is 7.89. The van der Waals surface area contributed by atoms with Crippen molar-refractivity contribution in [3.8, 4) is 0 Å². The molecular weight excluding hydrogens is 376 g/mol. The summed E-state index contributed by atoms with van der Waals surface area (Å²) in [6.07, 6.45) is 0. The van der Waals surface area contributed by atoms with E-state index in [9.17, 15) is 22.0 Å². The van der Waals surface area contributed by atoms with E-state index in [1.54, 1.807) is 25.1 Å². The quantitative estimate of drug-likeness (QED) is 0.787. The summed E-state index contributed by atoms with van der Waals surface area (Å²) in [7, 11) is -0.793. The van der Waals surface area contributed by atoms with Crippen LogP contribution in [-0.4, -0.2) is 32.8 Å². The molecule has 0 aromatic heterocycles. The van der Waals surface area contributed by atoms with E-state index in [-0.39, 0.29) is 11.4 Å². The minimum Gasteiger partial charge on any atom is -0.334 e. The van der Waals surface area contributed by atoms with Gasteiger partial charge in [0.05, 0.1) is 10.9 Å². The number of urea groups is 1. The zero-order valence-corrected chi connectivity index (χ0v) is 16.0. The predicted octanol–water partition coefficient (Wildman–Crippen LogP) is 2.78. The fraction of sp³-hybridized carbons (Fsp3) is 0.278. The Morgan fingerprint density at radius 1 is 1.11 bits per heavy atom. The van der Waals surface area contributed by atoms with Crippen molar-refractivity contribution in [2.24, 2.45) is 0 Å². The molecule has 0 aliphatic rings. The van der Waals surface area contributed by atoms with Crippen LogP contribution in [0.25, 0.3) is 0 Å². The second-order valence-corrected chi connectivity index (χ2v) is 8.24. The van der Waals surface area contributed by atoms with E-state index >= 15 is 0 Å². The standard InChI is InChI=1S/C18H21F2N3O3S/c1-12(13-8-9-15(19)16(20)10-13)22-18(24)21-11-14-6-4-5-7-17(14)27(25,26)23(2)3/h4-10,12H,11H2,1-3H3,(H2,21,22,24)/t12-/m1/s1. The third kappa shape index (κ3) is 5.01. The van der Waals surface area contributed by atoms with E-state index in [1.807, 2.05) is 0 Å². The summed E-state index contributed by atoms with van der Waals surface area (Å²) in [5.41, 5.74) is 0.835. The van der Waals surface area contributed by atoms with Crippen LogP contribution >= 0.6 is 0 Å². The van der Waals surface area contributed by atoms with Crippen molar-refractivity contribution >= 4 is 16.1 Å². The van der Waals surface area contributed by atoms with Crippen LogP contribution in [0.2, 0.25) is 0 Å². The fourth-order valence-corrected chi connectivity index (χ4v) is 3.50. The van der Waals surface area contributed by atoms with E-state index in [4.69, 9.17) is 0 Å². The van der Waals surface area contributed by atoms with Crippen molar-refractivity contribution in [3.05, 3.63) is 65.2 Å². The molecule has 2 rings (SSSR count). The highest BCUT2D eigenvalue weighted by Gasteiger charge is 2.21. The van der Waals surface area contributed by atoms with Crippen LogP contribution in [0.1, 0.15) is 24.1 Å². The molecule has 0 heterocycles. The molecule has 0 aliphatic heterocycles. The summed E-state index contributed by atoms with van der Waals surface area (Å²) in [6.45, 7) is 1.61. The van der Waals surface area contributed by atoms with Gasteiger partial charge in [0.15, 0.2) is 11.6 Å². The first-order chi connectivity index (χ1) is 12.6. The summed E-state index contributed by atoms with van der Waals surface area (Å²) in [6, 6.07) is 8.59. The number of benzene rings is 2. The van der Waals surface area contributed by atoms with Crippen molar-refractivity contribution in [2.75, 3.05) is 14.1 Å². The Morgan fingerprint density at radius 3 is 2.41 bits per heavy atom. The van der Waals surface area contributed by atoms with E-state index < -0.39 is 33.7 Å². The Bertz CT molecular complexity index is 933. The lowest BCUT2D eigenvalue weighted by atomic mass is 10.1. The smallest absolute Gasteiger partial charge is 0.315 e. The van der Waals surface area contributed by atoms with E-state index in [0.29, 0.717) is 11.1 Å². The zero-order valence-electron chi connectivity index (χ0n) is 15.2. The molecule has 1 atom stereocenters. The molecule has 6 nitrogen and oxygen atoms in total. The predicted molar refractivity (Wildman–Crippen MR) is 97.5 cm³/mol. The van der Waals surface area contributed by atoms with Gasteiger partial charge in [-0.2, -0.15) is 0 Å². The molecule has 2 aromatic carbocycles. The van der Waals surface area contributed by atoms with E-state index in [2.05, 4.69) is 10.6 Å². The van der Waals surface area contributed by atoms with Crippen LogP contribution < -0.4 is 10.6 Å². The Labute approximate surface area is 157 Å². The lowest BCUT2D eigenvalue weighted by Crippen LogP contribution is -2.37. The van der Waals surface area contributed by atoms with Gasteiger partial charge in [-0.05, 0) is 36.2 Å². The number of amides is 2. The molecule has 0 unspecified atom stereocenters. The number of carbonyl (C=O) groups is 1. The Hall–Kier alpha value is -2.52. The molecule has 2 N–H and O–H groups in total. The molecule has 9 heteroatoms. The van der Waals surface area contributed by atoms with Gasteiger partial charge in [-0.1, -0.05) is 24.3 Å². The normalized spacial score (nSPS) is 12.7. The largest absolute Gasteiger partial charge is 0.334 e. The topological polar surface area (TPSA) is 78.5 Å².